The van der Waals surface area contributed by atoms with Crippen molar-refractivity contribution in [1.29, 1.82) is 0 Å². The Morgan fingerprint density at radius 3 is 2.67 bits per heavy atom. The van der Waals surface area contributed by atoms with E-state index in [1.807, 2.05) is 24.3 Å². The van der Waals surface area contributed by atoms with E-state index in [4.69, 9.17) is 10.5 Å². The highest BCUT2D eigenvalue weighted by Gasteiger charge is 2.08. The van der Waals surface area contributed by atoms with Crippen molar-refractivity contribution in [2.45, 2.75) is 26.7 Å². The van der Waals surface area contributed by atoms with Crippen LogP contribution in [0.25, 0.3) is 11.3 Å². The van der Waals surface area contributed by atoms with Crippen LogP contribution >= 0.6 is 0 Å². The van der Waals surface area contributed by atoms with Crippen LogP contribution in [0.5, 0.6) is 5.75 Å². The van der Waals surface area contributed by atoms with Crippen LogP contribution in [0, 0.1) is 13.8 Å². The minimum atomic E-state index is 0.281. The topological polar surface area (TPSA) is 73.1 Å². The molecule has 0 unspecified atom stereocenters. The van der Waals surface area contributed by atoms with Gasteiger partial charge < -0.3 is 15.8 Å². The third-order valence-corrected chi connectivity index (χ3v) is 4.71. The Balaban J connectivity index is 1.65. The fraction of sp³-hybridized carbons (Fsp3) is 0.273. The van der Waals surface area contributed by atoms with Crippen molar-refractivity contribution < 1.29 is 4.74 Å². The molecule has 3 rings (SSSR count). The lowest BCUT2D eigenvalue weighted by molar-refractivity contribution is 0.414. The van der Waals surface area contributed by atoms with Gasteiger partial charge in [0.05, 0.1) is 12.8 Å². The highest BCUT2D eigenvalue weighted by atomic mass is 16.5. The first kappa shape index (κ1) is 18.7. The van der Waals surface area contributed by atoms with Crippen molar-refractivity contribution in [2.24, 2.45) is 0 Å². The average molecular weight is 362 g/mol. The Bertz CT molecular complexity index is 924. The van der Waals surface area contributed by atoms with E-state index in [1.165, 1.54) is 16.7 Å². The number of nitrogen functional groups attached to an aromatic ring is 1. The van der Waals surface area contributed by atoms with E-state index in [2.05, 4.69) is 53.4 Å². The molecule has 140 valence electrons. The molecule has 0 aliphatic heterocycles. The zero-order valence-electron chi connectivity index (χ0n) is 16.1. The van der Waals surface area contributed by atoms with Crippen LogP contribution in [-0.4, -0.2) is 23.6 Å². The van der Waals surface area contributed by atoms with Crippen LogP contribution < -0.4 is 15.8 Å². The number of nitrogens with two attached hydrogens (primary N) is 1. The van der Waals surface area contributed by atoms with E-state index in [-0.39, 0.29) is 5.95 Å². The predicted octanol–water partition coefficient (Wildman–Crippen LogP) is 4.40. The molecule has 0 amide bonds. The number of benzene rings is 2. The number of hydrogen-bond acceptors (Lipinski definition) is 5. The summed E-state index contributed by atoms with van der Waals surface area (Å²) in [6, 6.07) is 16.3. The van der Waals surface area contributed by atoms with Crippen molar-refractivity contribution in [3.8, 4) is 17.0 Å². The lowest BCUT2D eigenvalue weighted by Gasteiger charge is -2.11. The van der Waals surface area contributed by atoms with Crippen molar-refractivity contribution >= 4 is 11.8 Å². The minimum Gasteiger partial charge on any atom is -0.497 e. The molecule has 0 saturated carbocycles. The Kier molecular flexibility index (Phi) is 5.91. The molecule has 5 heteroatoms. The Labute approximate surface area is 160 Å². The molecular weight excluding hydrogens is 336 g/mol. The normalized spacial score (nSPS) is 10.6. The first-order valence-electron chi connectivity index (χ1n) is 9.15. The van der Waals surface area contributed by atoms with Crippen LogP contribution in [0.3, 0.4) is 0 Å². The van der Waals surface area contributed by atoms with E-state index >= 15 is 0 Å². The van der Waals surface area contributed by atoms with Gasteiger partial charge in [-0.05, 0) is 55.5 Å². The van der Waals surface area contributed by atoms with Crippen LogP contribution in [0.15, 0.2) is 48.5 Å². The van der Waals surface area contributed by atoms with E-state index in [0.29, 0.717) is 0 Å². The number of methoxy groups -OCH3 is 1. The Morgan fingerprint density at radius 2 is 1.85 bits per heavy atom. The maximum absolute atomic E-state index is 5.94. The molecule has 3 N–H and O–H groups in total. The number of aromatic nitrogens is 2. The number of aryl methyl sites for hydroxylation is 2. The molecular formula is C22H26N4O. The fourth-order valence-corrected chi connectivity index (χ4v) is 3.06. The van der Waals surface area contributed by atoms with Gasteiger partial charge in [0, 0.05) is 18.2 Å². The summed E-state index contributed by atoms with van der Waals surface area (Å²) in [5, 5.41) is 3.37. The minimum absolute atomic E-state index is 0.281. The molecule has 0 fully saturated rings. The smallest absolute Gasteiger partial charge is 0.222 e. The first-order chi connectivity index (χ1) is 13.1. The van der Waals surface area contributed by atoms with Gasteiger partial charge in [-0.2, -0.15) is 4.98 Å². The van der Waals surface area contributed by atoms with Crippen molar-refractivity contribution in [2.75, 3.05) is 24.7 Å². The summed E-state index contributed by atoms with van der Waals surface area (Å²) in [4.78, 5) is 8.73. The molecule has 1 aromatic heterocycles. The summed E-state index contributed by atoms with van der Waals surface area (Å²) in [5.41, 5.74) is 11.6. The molecule has 2 aromatic carbocycles. The monoisotopic (exact) mass is 362 g/mol. The van der Waals surface area contributed by atoms with E-state index in [0.717, 1.165) is 42.2 Å². The Morgan fingerprint density at radius 1 is 1.04 bits per heavy atom. The van der Waals surface area contributed by atoms with Crippen molar-refractivity contribution in [3.05, 3.63) is 65.2 Å². The molecule has 5 nitrogen and oxygen atoms in total. The molecule has 27 heavy (non-hydrogen) atoms. The number of rotatable bonds is 7. The van der Waals surface area contributed by atoms with Crippen LogP contribution in [0.4, 0.5) is 11.8 Å². The highest BCUT2D eigenvalue weighted by molar-refractivity contribution is 5.68. The van der Waals surface area contributed by atoms with Crippen molar-refractivity contribution in [3.63, 3.8) is 0 Å². The molecule has 0 spiro atoms. The summed E-state index contributed by atoms with van der Waals surface area (Å²) in [5.74, 6) is 1.93. The zero-order valence-corrected chi connectivity index (χ0v) is 16.1. The van der Waals surface area contributed by atoms with Crippen LogP contribution in [0.2, 0.25) is 0 Å². The van der Waals surface area contributed by atoms with E-state index in [9.17, 15) is 0 Å². The molecule has 1 heterocycles. The number of nitrogens with zero attached hydrogens (tertiary/aromatic N) is 2. The van der Waals surface area contributed by atoms with Crippen LogP contribution in [0.1, 0.15) is 23.1 Å². The molecule has 0 bridgehead atoms. The molecule has 3 aromatic rings. The second-order valence-corrected chi connectivity index (χ2v) is 6.63. The number of nitrogens with one attached hydrogen (secondary N) is 1. The largest absolute Gasteiger partial charge is 0.497 e. The Hall–Kier alpha value is -3.08. The molecule has 0 atom stereocenters. The third kappa shape index (κ3) is 4.76. The molecule has 0 aliphatic rings. The van der Waals surface area contributed by atoms with E-state index in [1.54, 1.807) is 7.11 Å². The van der Waals surface area contributed by atoms with Gasteiger partial charge in [0.15, 0.2) is 0 Å². The third-order valence-electron chi connectivity index (χ3n) is 4.71. The summed E-state index contributed by atoms with van der Waals surface area (Å²) in [6.07, 6.45) is 1.95. The van der Waals surface area contributed by atoms with Crippen molar-refractivity contribution in [1.82, 2.24) is 9.97 Å². The first-order valence-corrected chi connectivity index (χ1v) is 9.15. The lowest BCUT2D eigenvalue weighted by Crippen LogP contribution is -2.07. The van der Waals surface area contributed by atoms with Gasteiger partial charge in [-0.1, -0.05) is 30.3 Å². The SMILES string of the molecule is COc1cccc(CCCNc2cc(-c3cccc(C)c3C)nc(N)n2)c1. The number of anilines is 2. The average Bonchev–Trinajstić information content (AvgIpc) is 2.67. The lowest BCUT2D eigenvalue weighted by atomic mass is 10.0. The zero-order chi connectivity index (χ0) is 19.2. The van der Waals surface area contributed by atoms with Gasteiger partial charge in [0.1, 0.15) is 11.6 Å². The standard InChI is InChI=1S/C22H26N4O/c1-15-7-4-11-19(16(15)2)20-14-21(26-22(23)25-20)24-12-6-9-17-8-5-10-18(13-17)27-3/h4-5,7-8,10-11,13-14H,6,9,12H2,1-3H3,(H3,23,24,25,26). The molecule has 0 radical (unpaired) electrons. The van der Waals surface area contributed by atoms with Gasteiger partial charge >= 0.3 is 0 Å². The summed E-state index contributed by atoms with van der Waals surface area (Å²) in [6.45, 7) is 5.01. The van der Waals surface area contributed by atoms with Gasteiger partial charge in [0.25, 0.3) is 0 Å². The summed E-state index contributed by atoms with van der Waals surface area (Å²) >= 11 is 0. The summed E-state index contributed by atoms with van der Waals surface area (Å²) in [7, 11) is 1.69. The summed E-state index contributed by atoms with van der Waals surface area (Å²) < 4.78 is 5.27. The molecule has 0 aliphatic carbocycles. The fourth-order valence-electron chi connectivity index (χ4n) is 3.06. The maximum atomic E-state index is 5.94. The highest BCUT2D eigenvalue weighted by Crippen LogP contribution is 2.26. The van der Waals surface area contributed by atoms with Gasteiger partial charge in [-0.15, -0.1) is 0 Å². The van der Waals surface area contributed by atoms with Gasteiger partial charge in [-0.25, -0.2) is 4.98 Å². The quantitative estimate of drug-likeness (QED) is 0.610. The van der Waals surface area contributed by atoms with Gasteiger partial charge in [0.2, 0.25) is 5.95 Å². The van der Waals surface area contributed by atoms with E-state index < -0.39 is 0 Å². The van der Waals surface area contributed by atoms with Crippen LogP contribution in [-0.2, 0) is 6.42 Å². The number of hydrogen-bond donors (Lipinski definition) is 2. The number of ether oxygens (including phenoxy) is 1. The molecule has 0 saturated heterocycles. The maximum Gasteiger partial charge on any atom is 0.222 e. The second kappa shape index (κ2) is 8.54. The van der Waals surface area contributed by atoms with Gasteiger partial charge in [-0.3, -0.25) is 0 Å². The predicted molar refractivity (Wildman–Crippen MR) is 111 cm³/mol. The second-order valence-electron chi connectivity index (χ2n) is 6.63.